The number of nitrogens with one attached hydrogen (secondary N) is 1. The summed E-state index contributed by atoms with van der Waals surface area (Å²) in [7, 11) is 0. The molecule has 0 bridgehead atoms. The van der Waals surface area contributed by atoms with Gasteiger partial charge in [-0.15, -0.1) is 11.6 Å². The SMILES string of the molecule is CCC(CCCl)Nc1ccncc1C. The number of nitrogens with zero attached hydrogens (tertiary/aromatic N) is 1. The summed E-state index contributed by atoms with van der Waals surface area (Å²) in [6.45, 7) is 4.23. The fraction of sp³-hybridized carbons (Fsp3) is 0.545. The number of hydrogen-bond acceptors (Lipinski definition) is 2. The van der Waals surface area contributed by atoms with E-state index < -0.39 is 0 Å². The molecule has 78 valence electrons. The number of aryl methyl sites for hydroxylation is 1. The first-order valence-electron chi connectivity index (χ1n) is 5.01. The predicted octanol–water partition coefficient (Wildman–Crippen LogP) is 3.21. The van der Waals surface area contributed by atoms with Crippen molar-refractivity contribution in [3.05, 3.63) is 24.0 Å². The molecule has 0 spiro atoms. The predicted molar refractivity (Wildman–Crippen MR) is 62.0 cm³/mol. The molecule has 0 fully saturated rings. The van der Waals surface area contributed by atoms with Crippen molar-refractivity contribution in [2.45, 2.75) is 32.7 Å². The highest BCUT2D eigenvalue weighted by molar-refractivity contribution is 6.17. The Morgan fingerprint density at radius 3 is 2.93 bits per heavy atom. The normalized spacial score (nSPS) is 12.5. The third kappa shape index (κ3) is 3.18. The van der Waals surface area contributed by atoms with Crippen LogP contribution in [0.5, 0.6) is 0 Å². The summed E-state index contributed by atoms with van der Waals surface area (Å²) < 4.78 is 0. The van der Waals surface area contributed by atoms with Crippen LogP contribution >= 0.6 is 11.6 Å². The Morgan fingerprint density at radius 1 is 1.57 bits per heavy atom. The van der Waals surface area contributed by atoms with Gasteiger partial charge in [0.15, 0.2) is 0 Å². The number of pyridine rings is 1. The molecule has 0 amide bonds. The minimum absolute atomic E-state index is 0.466. The first-order valence-corrected chi connectivity index (χ1v) is 5.54. The van der Waals surface area contributed by atoms with Crippen molar-refractivity contribution in [1.29, 1.82) is 0 Å². The van der Waals surface area contributed by atoms with E-state index in [-0.39, 0.29) is 0 Å². The zero-order chi connectivity index (χ0) is 10.4. The van der Waals surface area contributed by atoms with E-state index in [2.05, 4.69) is 24.1 Å². The minimum atomic E-state index is 0.466. The van der Waals surface area contributed by atoms with Gasteiger partial charge in [-0.1, -0.05) is 6.92 Å². The lowest BCUT2D eigenvalue weighted by Crippen LogP contribution is -2.19. The molecule has 0 aliphatic heterocycles. The van der Waals surface area contributed by atoms with Crippen LogP contribution in [0.25, 0.3) is 0 Å². The number of aromatic nitrogens is 1. The maximum atomic E-state index is 5.73. The molecule has 0 aliphatic carbocycles. The zero-order valence-corrected chi connectivity index (χ0v) is 9.51. The molecule has 1 N–H and O–H groups in total. The minimum Gasteiger partial charge on any atom is -0.382 e. The average Bonchev–Trinajstić information content (AvgIpc) is 2.20. The van der Waals surface area contributed by atoms with Crippen molar-refractivity contribution in [3.63, 3.8) is 0 Å². The van der Waals surface area contributed by atoms with E-state index in [9.17, 15) is 0 Å². The Hall–Kier alpha value is -0.760. The summed E-state index contributed by atoms with van der Waals surface area (Å²) in [6, 6.07) is 2.47. The van der Waals surface area contributed by atoms with Gasteiger partial charge in [-0.3, -0.25) is 4.98 Å². The molecule has 1 rings (SSSR count). The second-order valence-electron chi connectivity index (χ2n) is 3.42. The second kappa shape index (κ2) is 5.86. The van der Waals surface area contributed by atoms with Crippen LogP contribution in [0.4, 0.5) is 5.69 Å². The highest BCUT2D eigenvalue weighted by atomic mass is 35.5. The maximum absolute atomic E-state index is 5.73. The smallest absolute Gasteiger partial charge is 0.0402 e. The molecule has 1 atom stereocenters. The number of rotatable bonds is 5. The summed E-state index contributed by atoms with van der Waals surface area (Å²) >= 11 is 5.73. The lowest BCUT2D eigenvalue weighted by atomic mass is 10.1. The van der Waals surface area contributed by atoms with Gasteiger partial charge in [0, 0.05) is 30.0 Å². The zero-order valence-electron chi connectivity index (χ0n) is 8.76. The van der Waals surface area contributed by atoms with Crippen LogP contribution < -0.4 is 5.32 Å². The molecule has 1 unspecified atom stereocenters. The molecule has 1 heterocycles. The molecule has 0 radical (unpaired) electrons. The summed E-state index contributed by atoms with van der Waals surface area (Å²) in [5.74, 6) is 0.704. The van der Waals surface area contributed by atoms with Crippen LogP contribution in [-0.4, -0.2) is 16.9 Å². The van der Waals surface area contributed by atoms with E-state index in [1.54, 1.807) is 0 Å². The van der Waals surface area contributed by atoms with Crippen LogP contribution in [0.3, 0.4) is 0 Å². The molecule has 3 heteroatoms. The van der Waals surface area contributed by atoms with Crippen molar-refractivity contribution in [1.82, 2.24) is 4.98 Å². The standard InChI is InChI=1S/C11H17ClN2/c1-3-10(4-6-12)14-11-5-7-13-8-9(11)2/h5,7-8,10H,3-4,6H2,1-2H3,(H,13,14). The van der Waals surface area contributed by atoms with Gasteiger partial charge in [0.05, 0.1) is 0 Å². The average molecular weight is 213 g/mol. The molecule has 1 aromatic rings. The summed E-state index contributed by atoms with van der Waals surface area (Å²) in [5.41, 5.74) is 2.34. The largest absolute Gasteiger partial charge is 0.382 e. The lowest BCUT2D eigenvalue weighted by Gasteiger charge is -2.18. The molecule has 0 aromatic carbocycles. The van der Waals surface area contributed by atoms with Crippen molar-refractivity contribution in [2.24, 2.45) is 0 Å². The van der Waals surface area contributed by atoms with Gasteiger partial charge in [-0.25, -0.2) is 0 Å². The number of hydrogen-bond donors (Lipinski definition) is 1. The summed E-state index contributed by atoms with van der Waals surface area (Å²) in [5, 5.41) is 3.47. The van der Waals surface area contributed by atoms with E-state index >= 15 is 0 Å². The fourth-order valence-corrected chi connectivity index (χ4v) is 1.63. The van der Waals surface area contributed by atoms with Gasteiger partial charge in [0.2, 0.25) is 0 Å². The van der Waals surface area contributed by atoms with Crippen molar-refractivity contribution < 1.29 is 0 Å². The van der Waals surface area contributed by atoms with E-state index in [4.69, 9.17) is 11.6 Å². The third-order valence-electron chi connectivity index (χ3n) is 2.33. The van der Waals surface area contributed by atoms with Gasteiger partial charge in [-0.2, -0.15) is 0 Å². The third-order valence-corrected chi connectivity index (χ3v) is 2.55. The molecule has 2 nitrogen and oxygen atoms in total. The van der Waals surface area contributed by atoms with Gasteiger partial charge in [0.25, 0.3) is 0 Å². The first-order chi connectivity index (χ1) is 6.77. The van der Waals surface area contributed by atoms with Gasteiger partial charge in [-0.05, 0) is 31.4 Å². The Morgan fingerprint density at radius 2 is 2.36 bits per heavy atom. The van der Waals surface area contributed by atoms with Crippen molar-refractivity contribution >= 4 is 17.3 Å². The van der Waals surface area contributed by atoms with Gasteiger partial charge < -0.3 is 5.32 Å². The highest BCUT2D eigenvalue weighted by Gasteiger charge is 2.06. The Labute approximate surface area is 90.7 Å². The van der Waals surface area contributed by atoms with Crippen LogP contribution in [0, 0.1) is 6.92 Å². The van der Waals surface area contributed by atoms with E-state index in [1.807, 2.05) is 18.5 Å². The van der Waals surface area contributed by atoms with Crippen LogP contribution in [0.15, 0.2) is 18.5 Å². The van der Waals surface area contributed by atoms with E-state index in [1.165, 1.54) is 5.56 Å². The molecule has 1 aromatic heterocycles. The van der Waals surface area contributed by atoms with Crippen LogP contribution in [0.1, 0.15) is 25.3 Å². The molecule has 0 saturated carbocycles. The fourth-order valence-electron chi connectivity index (χ4n) is 1.37. The monoisotopic (exact) mass is 212 g/mol. The van der Waals surface area contributed by atoms with Gasteiger partial charge in [0.1, 0.15) is 0 Å². The lowest BCUT2D eigenvalue weighted by molar-refractivity contribution is 0.674. The Kier molecular flexibility index (Phi) is 4.74. The second-order valence-corrected chi connectivity index (χ2v) is 3.80. The molecule has 0 aliphatic rings. The molecule has 14 heavy (non-hydrogen) atoms. The topological polar surface area (TPSA) is 24.9 Å². The Balaban J connectivity index is 2.62. The molecular weight excluding hydrogens is 196 g/mol. The van der Waals surface area contributed by atoms with E-state index in [0.717, 1.165) is 18.5 Å². The Bertz CT molecular complexity index is 276. The number of anilines is 1. The number of alkyl halides is 1. The quantitative estimate of drug-likeness (QED) is 0.759. The maximum Gasteiger partial charge on any atom is 0.0402 e. The first kappa shape index (κ1) is 11.3. The summed E-state index contributed by atoms with van der Waals surface area (Å²) in [6.07, 6.45) is 5.77. The van der Waals surface area contributed by atoms with Crippen molar-refractivity contribution in [3.8, 4) is 0 Å². The van der Waals surface area contributed by atoms with Crippen molar-refractivity contribution in [2.75, 3.05) is 11.2 Å². The van der Waals surface area contributed by atoms with Gasteiger partial charge >= 0.3 is 0 Å². The summed E-state index contributed by atoms with van der Waals surface area (Å²) in [4.78, 5) is 4.06. The molecule has 0 saturated heterocycles. The van der Waals surface area contributed by atoms with E-state index in [0.29, 0.717) is 11.9 Å². The number of halogens is 1. The van der Waals surface area contributed by atoms with Crippen LogP contribution in [0.2, 0.25) is 0 Å². The molecular formula is C11H17ClN2. The van der Waals surface area contributed by atoms with Crippen LogP contribution in [-0.2, 0) is 0 Å². The highest BCUT2D eigenvalue weighted by Crippen LogP contribution is 2.15.